The molecule has 1 heterocycles. The van der Waals surface area contributed by atoms with E-state index in [1.807, 2.05) is 51.1 Å². The molecule has 0 bridgehead atoms. The number of amides is 5. The Morgan fingerprint density at radius 1 is 0.833 bits per heavy atom. The molecule has 0 spiro atoms. The number of carbonyl (C=O) groups excluding carboxylic acids is 5. The molecule has 5 atom stereocenters. The lowest BCUT2D eigenvalue weighted by Crippen LogP contribution is -2.59. The van der Waals surface area contributed by atoms with Crippen molar-refractivity contribution in [1.29, 1.82) is 0 Å². The van der Waals surface area contributed by atoms with Crippen molar-refractivity contribution in [2.45, 2.75) is 90.9 Å². The van der Waals surface area contributed by atoms with Crippen LogP contribution in [0.15, 0.2) is 59.6 Å². The van der Waals surface area contributed by atoms with Crippen LogP contribution in [0.5, 0.6) is 0 Å². The fraction of sp³-hybridized carbons (Fsp3) is 0.459. The molecule has 3 aromatic rings. The average Bonchev–Trinajstić information content (AvgIpc) is 3.52. The van der Waals surface area contributed by atoms with Crippen molar-refractivity contribution >= 4 is 47.1 Å². The summed E-state index contributed by atoms with van der Waals surface area (Å²) in [5, 5.41) is 15.8. The number of carbonyl (C=O) groups is 5. The minimum atomic E-state index is -1.14. The van der Waals surface area contributed by atoms with Crippen LogP contribution in [0, 0.1) is 18.8 Å². The summed E-state index contributed by atoms with van der Waals surface area (Å²) < 4.78 is 1.47. The molecule has 2 aromatic carbocycles. The maximum Gasteiger partial charge on any atom is 0.291 e. The minimum absolute atomic E-state index is 0.0547. The molecule has 0 aliphatic heterocycles. The van der Waals surface area contributed by atoms with Gasteiger partial charge in [0.15, 0.2) is 5.96 Å². The molecular formula is C37H52ClN11O5. The molecular weight excluding hydrogens is 714 g/mol. The van der Waals surface area contributed by atoms with E-state index < -0.39 is 53.7 Å². The van der Waals surface area contributed by atoms with Gasteiger partial charge in [-0.25, -0.2) is 9.67 Å². The van der Waals surface area contributed by atoms with Gasteiger partial charge in [-0.2, -0.15) is 0 Å². The zero-order chi connectivity index (χ0) is 39.9. The van der Waals surface area contributed by atoms with E-state index in [0.29, 0.717) is 29.4 Å². The summed E-state index contributed by atoms with van der Waals surface area (Å²) in [5.74, 6) is -3.56. The highest BCUT2D eigenvalue weighted by molar-refractivity contribution is 6.30. The number of halogens is 1. The largest absolute Gasteiger partial charge is 0.370 e. The maximum atomic E-state index is 13.9. The SMILES string of the molecule is CC[C@H](C)[C@H](NC(=O)[C@H](CC(C)C)NC(=O)[C@H](CCCN=C(N)N)NC(=O)c1nc(C)n(-c2ccc(Cl)cc2)n1)C(=O)N[C@@H](Cc1ccccc1)C(N)=O. The van der Waals surface area contributed by atoms with Gasteiger partial charge in [0, 0.05) is 18.0 Å². The van der Waals surface area contributed by atoms with Crippen molar-refractivity contribution in [3.63, 3.8) is 0 Å². The third-order valence-electron chi connectivity index (χ3n) is 8.69. The number of nitrogens with zero attached hydrogens (tertiary/aromatic N) is 4. The van der Waals surface area contributed by atoms with Crippen LogP contribution in [0.3, 0.4) is 0 Å². The molecule has 17 heteroatoms. The van der Waals surface area contributed by atoms with Crippen LogP contribution in [0.25, 0.3) is 5.69 Å². The first-order valence-electron chi connectivity index (χ1n) is 17.9. The first-order valence-corrected chi connectivity index (χ1v) is 18.3. The van der Waals surface area contributed by atoms with Gasteiger partial charge in [0.2, 0.25) is 29.5 Å². The third kappa shape index (κ3) is 13.2. The lowest BCUT2D eigenvalue weighted by atomic mass is 9.95. The number of aryl methyl sites for hydroxylation is 1. The maximum absolute atomic E-state index is 13.9. The zero-order valence-electron chi connectivity index (χ0n) is 31.3. The molecule has 1 aromatic heterocycles. The van der Waals surface area contributed by atoms with E-state index in [4.69, 9.17) is 28.8 Å². The monoisotopic (exact) mass is 765 g/mol. The minimum Gasteiger partial charge on any atom is -0.370 e. The number of rotatable bonds is 20. The number of aliphatic imine (C=N–C) groups is 1. The summed E-state index contributed by atoms with van der Waals surface area (Å²) in [7, 11) is 0. The Morgan fingerprint density at radius 2 is 1.46 bits per heavy atom. The Balaban J connectivity index is 1.81. The Kier molecular flexibility index (Phi) is 16.4. The third-order valence-corrected chi connectivity index (χ3v) is 8.94. The second-order valence-electron chi connectivity index (χ2n) is 13.6. The van der Waals surface area contributed by atoms with Gasteiger partial charge in [-0.3, -0.25) is 29.0 Å². The molecule has 3 rings (SSSR count). The summed E-state index contributed by atoms with van der Waals surface area (Å²) in [6, 6.07) is 11.6. The van der Waals surface area contributed by atoms with E-state index in [1.165, 1.54) is 4.68 Å². The lowest BCUT2D eigenvalue weighted by molar-refractivity contribution is -0.134. The van der Waals surface area contributed by atoms with Crippen molar-refractivity contribution in [3.05, 3.63) is 76.8 Å². The highest BCUT2D eigenvalue weighted by atomic mass is 35.5. The standard InChI is InChI=1S/C37H52ClN11O5/c1-6-22(4)30(35(53)45-28(31(39)50)20-24-11-8-7-9-12-24)47-34(52)29(19-21(2)3)46-33(51)27(13-10-18-42-37(40)41)44-36(54)32-43-23(5)49(48-32)26-16-14-25(38)15-17-26/h7-9,11-12,14-17,21-22,27-30H,6,10,13,18-20H2,1-5H3,(H2,39,50)(H,44,54)(H,45,53)(H,46,51)(H,47,52)(H4,40,41,42)/t22-,27-,28-,29-,30-/m0/s1. The predicted molar refractivity (Wildman–Crippen MR) is 206 cm³/mol. The summed E-state index contributed by atoms with van der Waals surface area (Å²) >= 11 is 6.02. The Morgan fingerprint density at radius 3 is 2.06 bits per heavy atom. The number of benzene rings is 2. The molecule has 54 heavy (non-hydrogen) atoms. The van der Waals surface area contributed by atoms with Crippen LogP contribution in [0.2, 0.25) is 5.02 Å². The van der Waals surface area contributed by atoms with Gasteiger partial charge in [-0.15, -0.1) is 5.10 Å². The van der Waals surface area contributed by atoms with Gasteiger partial charge in [0.05, 0.1) is 5.69 Å². The molecule has 0 saturated heterocycles. The fourth-order valence-corrected chi connectivity index (χ4v) is 5.70. The number of guanidine groups is 1. The Bertz CT molecular complexity index is 1760. The molecule has 0 radical (unpaired) electrons. The molecule has 0 fully saturated rings. The summed E-state index contributed by atoms with van der Waals surface area (Å²) in [6.45, 7) is 9.28. The van der Waals surface area contributed by atoms with E-state index in [1.54, 1.807) is 38.1 Å². The molecule has 0 unspecified atom stereocenters. The zero-order valence-corrected chi connectivity index (χ0v) is 32.1. The predicted octanol–water partition coefficient (Wildman–Crippen LogP) is 1.66. The van der Waals surface area contributed by atoms with Gasteiger partial charge in [0.25, 0.3) is 5.91 Å². The number of nitrogens with one attached hydrogen (secondary N) is 4. The molecule has 292 valence electrons. The Hall–Kier alpha value is -5.51. The van der Waals surface area contributed by atoms with E-state index in [-0.39, 0.29) is 49.4 Å². The van der Waals surface area contributed by atoms with Crippen LogP contribution in [-0.4, -0.2) is 81.0 Å². The number of nitrogens with two attached hydrogens (primary N) is 3. The first kappa shape index (κ1) is 42.9. The van der Waals surface area contributed by atoms with Crippen molar-refractivity contribution in [3.8, 4) is 5.69 Å². The number of hydrogen-bond acceptors (Lipinski definition) is 8. The molecule has 10 N–H and O–H groups in total. The first-order chi connectivity index (χ1) is 25.6. The van der Waals surface area contributed by atoms with Crippen molar-refractivity contribution < 1.29 is 24.0 Å². The highest BCUT2D eigenvalue weighted by Crippen LogP contribution is 2.16. The van der Waals surface area contributed by atoms with Gasteiger partial charge in [0.1, 0.15) is 30.0 Å². The van der Waals surface area contributed by atoms with Crippen molar-refractivity contribution in [1.82, 2.24) is 36.0 Å². The van der Waals surface area contributed by atoms with E-state index in [9.17, 15) is 24.0 Å². The molecule has 5 amide bonds. The quantitative estimate of drug-likeness (QED) is 0.0501. The van der Waals surface area contributed by atoms with E-state index in [0.717, 1.165) is 5.56 Å². The molecule has 0 aliphatic rings. The van der Waals surface area contributed by atoms with Crippen LogP contribution >= 0.6 is 11.6 Å². The normalized spacial score (nSPS) is 13.8. The van der Waals surface area contributed by atoms with Gasteiger partial charge < -0.3 is 38.5 Å². The fourth-order valence-electron chi connectivity index (χ4n) is 5.57. The summed E-state index contributed by atoms with van der Waals surface area (Å²) in [6.07, 6.45) is 1.32. The summed E-state index contributed by atoms with van der Waals surface area (Å²) in [5.41, 5.74) is 18.0. The number of primary amides is 1. The Labute approximate surface area is 320 Å². The van der Waals surface area contributed by atoms with Crippen LogP contribution in [-0.2, 0) is 25.6 Å². The summed E-state index contributed by atoms with van der Waals surface area (Å²) in [4.78, 5) is 75.4. The topological polar surface area (TPSA) is 255 Å². The second kappa shape index (κ2) is 20.7. The smallest absolute Gasteiger partial charge is 0.291 e. The van der Waals surface area contributed by atoms with E-state index in [2.05, 4.69) is 36.3 Å². The molecule has 0 saturated carbocycles. The second-order valence-corrected chi connectivity index (χ2v) is 14.0. The molecule has 16 nitrogen and oxygen atoms in total. The number of hydrogen-bond donors (Lipinski definition) is 7. The molecule has 0 aliphatic carbocycles. The van der Waals surface area contributed by atoms with Crippen LogP contribution in [0.1, 0.15) is 75.4 Å². The van der Waals surface area contributed by atoms with Crippen molar-refractivity contribution in [2.75, 3.05) is 6.54 Å². The van der Waals surface area contributed by atoms with Gasteiger partial charge >= 0.3 is 0 Å². The van der Waals surface area contributed by atoms with Gasteiger partial charge in [-0.1, -0.05) is 76.0 Å². The highest BCUT2D eigenvalue weighted by Gasteiger charge is 2.34. The van der Waals surface area contributed by atoms with Crippen molar-refractivity contribution in [2.24, 2.45) is 34.0 Å². The number of aromatic nitrogens is 3. The average molecular weight is 766 g/mol. The lowest BCUT2D eigenvalue weighted by Gasteiger charge is -2.29. The van der Waals surface area contributed by atoms with Gasteiger partial charge in [-0.05, 0) is 67.9 Å². The van der Waals surface area contributed by atoms with E-state index >= 15 is 0 Å². The van der Waals surface area contributed by atoms with Crippen LogP contribution < -0.4 is 38.5 Å². The van der Waals surface area contributed by atoms with Crippen LogP contribution in [0.4, 0.5) is 0 Å².